The number of carbonyl (C=O) groups is 2. The van der Waals surface area contributed by atoms with Crippen molar-refractivity contribution in [3.8, 4) is 11.1 Å². The summed E-state index contributed by atoms with van der Waals surface area (Å²) >= 11 is 5.99. The van der Waals surface area contributed by atoms with Crippen LogP contribution in [0.5, 0.6) is 0 Å². The molecule has 2 aromatic heterocycles. The number of carbonyl (C=O) groups excluding carboxylic acids is 2. The first kappa shape index (κ1) is 17.8. The Balaban J connectivity index is 1.68. The van der Waals surface area contributed by atoms with Crippen molar-refractivity contribution >= 4 is 28.8 Å². The van der Waals surface area contributed by atoms with E-state index in [0.717, 1.165) is 23.9 Å². The van der Waals surface area contributed by atoms with Crippen molar-refractivity contribution in [2.24, 2.45) is 0 Å². The summed E-state index contributed by atoms with van der Waals surface area (Å²) in [7, 11) is 0. The fraction of sp³-hybridized carbons (Fsp3) is 0.238. The molecule has 0 saturated carbocycles. The maximum atomic E-state index is 13.0. The number of pyridine rings is 1. The third-order valence-corrected chi connectivity index (χ3v) is 5.02. The predicted octanol–water partition coefficient (Wildman–Crippen LogP) is 3.74. The summed E-state index contributed by atoms with van der Waals surface area (Å²) in [6.07, 6.45) is 3.66. The van der Waals surface area contributed by atoms with Gasteiger partial charge >= 0.3 is 0 Å². The van der Waals surface area contributed by atoms with E-state index in [4.69, 9.17) is 16.3 Å². The summed E-state index contributed by atoms with van der Waals surface area (Å²) in [6, 6.07) is 14.8. The van der Waals surface area contributed by atoms with Crippen LogP contribution in [0.3, 0.4) is 0 Å². The molecule has 0 bridgehead atoms. The summed E-state index contributed by atoms with van der Waals surface area (Å²) in [6.45, 7) is 1.06. The molecule has 1 atom stereocenters. The van der Waals surface area contributed by atoms with E-state index in [1.807, 2.05) is 36.4 Å². The average molecular weight is 383 g/mol. The van der Waals surface area contributed by atoms with Gasteiger partial charge in [-0.25, -0.2) is 0 Å². The van der Waals surface area contributed by atoms with Crippen LogP contribution in [0.4, 0.5) is 0 Å². The van der Waals surface area contributed by atoms with Gasteiger partial charge in [0.1, 0.15) is 5.69 Å². The SMILES string of the molecule is O=C(NC[C@H]1CCCO1)C(=O)c1c(-c2ccc(Cl)cc2)cc2ccccn12. The number of ketones is 1. The van der Waals surface area contributed by atoms with Gasteiger partial charge in [0.2, 0.25) is 0 Å². The van der Waals surface area contributed by atoms with Crippen LogP contribution < -0.4 is 5.32 Å². The lowest BCUT2D eigenvalue weighted by Gasteiger charge is -2.11. The molecule has 27 heavy (non-hydrogen) atoms. The molecule has 4 rings (SSSR count). The molecule has 1 N–H and O–H groups in total. The highest BCUT2D eigenvalue weighted by atomic mass is 35.5. The highest BCUT2D eigenvalue weighted by Gasteiger charge is 2.26. The first-order valence-corrected chi connectivity index (χ1v) is 9.31. The number of halogens is 1. The van der Waals surface area contributed by atoms with E-state index >= 15 is 0 Å². The molecule has 6 heteroatoms. The molecule has 1 aliphatic heterocycles. The van der Waals surface area contributed by atoms with Crippen LogP contribution >= 0.6 is 11.6 Å². The highest BCUT2D eigenvalue weighted by Crippen LogP contribution is 2.29. The number of ether oxygens (including phenoxy) is 1. The molecule has 138 valence electrons. The molecule has 1 aromatic carbocycles. The zero-order chi connectivity index (χ0) is 18.8. The number of amides is 1. The molecule has 1 aliphatic rings. The normalized spacial score (nSPS) is 16.6. The molecule has 5 nitrogen and oxygen atoms in total. The van der Waals surface area contributed by atoms with Crippen molar-refractivity contribution < 1.29 is 14.3 Å². The van der Waals surface area contributed by atoms with Crippen LogP contribution in [0.2, 0.25) is 5.02 Å². The van der Waals surface area contributed by atoms with Crippen LogP contribution in [-0.4, -0.2) is 35.3 Å². The van der Waals surface area contributed by atoms with Gasteiger partial charge in [-0.15, -0.1) is 0 Å². The maximum absolute atomic E-state index is 13.0. The highest BCUT2D eigenvalue weighted by molar-refractivity contribution is 6.43. The van der Waals surface area contributed by atoms with E-state index in [2.05, 4.69) is 5.32 Å². The van der Waals surface area contributed by atoms with Crippen molar-refractivity contribution in [1.29, 1.82) is 0 Å². The maximum Gasteiger partial charge on any atom is 0.294 e. The number of rotatable bonds is 5. The number of Topliss-reactive ketones (excluding diaryl/α,β-unsaturated/α-hetero) is 1. The first-order valence-electron chi connectivity index (χ1n) is 8.93. The van der Waals surface area contributed by atoms with Crippen LogP contribution in [-0.2, 0) is 9.53 Å². The third-order valence-electron chi connectivity index (χ3n) is 4.77. The zero-order valence-electron chi connectivity index (χ0n) is 14.7. The molecule has 1 saturated heterocycles. The molecule has 0 radical (unpaired) electrons. The van der Waals surface area contributed by atoms with Gasteiger partial charge in [0.25, 0.3) is 11.7 Å². The van der Waals surface area contributed by atoms with Crippen molar-refractivity contribution in [2.45, 2.75) is 18.9 Å². The van der Waals surface area contributed by atoms with Crippen molar-refractivity contribution in [1.82, 2.24) is 9.72 Å². The number of hydrogen-bond acceptors (Lipinski definition) is 3. The molecule has 0 spiro atoms. The van der Waals surface area contributed by atoms with Gasteiger partial charge in [0.15, 0.2) is 0 Å². The van der Waals surface area contributed by atoms with Gasteiger partial charge in [-0.2, -0.15) is 0 Å². The fourth-order valence-corrected chi connectivity index (χ4v) is 3.53. The Bertz CT molecular complexity index is 988. The van der Waals surface area contributed by atoms with Gasteiger partial charge in [-0.1, -0.05) is 29.8 Å². The lowest BCUT2D eigenvalue weighted by molar-refractivity contribution is -0.117. The summed E-state index contributed by atoms with van der Waals surface area (Å²) in [5.74, 6) is -1.19. The Morgan fingerprint density at radius 2 is 2.00 bits per heavy atom. The van der Waals surface area contributed by atoms with Crippen molar-refractivity contribution in [2.75, 3.05) is 13.2 Å². The van der Waals surface area contributed by atoms with E-state index in [1.54, 1.807) is 22.7 Å². The standard InChI is InChI=1S/C21H19ClN2O3/c22-15-8-6-14(7-9-15)18-12-16-4-1-2-10-24(16)19(18)20(25)21(26)23-13-17-5-3-11-27-17/h1-2,4,6-10,12,17H,3,5,11,13H2,(H,23,26)/t17-/m1/s1. The zero-order valence-corrected chi connectivity index (χ0v) is 15.4. The average Bonchev–Trinajstić information content (AvgIpc) is 3.33. The lowest BCUT2D eigenvalue weighted by atomic mass is 10.0. The monoisotopic (exact) mass is 382 g/mol. The molecule has 1 amide bonds. The van der Waals surface area contributed by atoms with E-state index in [0.29, 0.717) is 29.4 Å². The smallest absolute Gasteiger partial charge is 0.294 e. The first-order chi connectivity index (χ1) is 13.1. The molecule has 3 aromatic rings. The second-order valence-electron chi connectivity index (χ2n) is 6.58. The summed E-state index contributed by atoms with van der Waals surface area (Å²) in [5.41, 5.74) is 2.73. The number of aromatic nitrogens is 1. The minimum atomic E-state index is -0.621. The quantitative estimate of drug-likeness (QED) is 0.540. The molecule has 3 heterocycles. The second-order valence-corrected chi connectivity index (χ2v) is 7.02. The van der Waals surface area contributed by atoms with Crippen LogP contribution in [0, 0.1) is 0 Å². The van der Waals surface area contributed by atoms with E-state index in [1.165, 1.54) is 0 Å². The Morgan fingerprint density at radius 1 is 1.19 bits per heavy atom. The largest absolute Gasteiger partial charge is 0.376 e. The van der Waals surface area contributed by atoms with Crippen LogP contribution in [0.1, 0.15) is 23.3 Å². The molecular formula is C21H19ClN2O3. The van der Waals surface area contributed by atoms with Crippen LogP contribution in [0.15, 0.2) is 54.7 Å². The number of benzene rings is 1. The van der Waals surface area contributed by atoms with E-state index in [9.17, 15) is 9.59 Å². The molecule has 0 unspecified atom stereocenters. The van der Waals surface area contributed by atoms with E-state index < -0.39 is 11.7 Å². The minimum Gasteiger partial charge on any atom is -0.376 e. The van der Waals surface area contributed by atoms with Gasteiger partial charge in [0.05, 0.1) is 6.10 Å². The third kappa shape index (κ3) is 3.61. The Labute approximate surface area is 161 Å². The van der Waals surface area contributed by atoms with Gasteiger partial charge in [0, 0.05) is 35.5 Å². The summed E-state index contributed by atoms with van der Waals surface area (Å²) < 4.78 is 7.25. The van der Waals surface area contributed by atoms with Gasteiger partial charge in [-0.05, 0) is 48.7 Å². The number of nitrogens with one attached hydrogen (secondary N) is 1. The molecule has 0 aliphatic carbocycles. The lowest BCUT2D eigenvalue weighted by Crippen LogP contribution is -2.37. The number of nitrogens with zero attached hydrogens (tertiary/aromatic N) is 1. The number of hydrogen-bond donors (Lipinski definition) is 1. The minimum absolute atomic E-state index is 0.0125. The fourth-order valence-electron chi connectivity index (χ4n) is 3.40. The van der Waals surface area contributed by atoms with Crippen LogP contribution in [0.25, 0.3) is 16.6 Å². The molecular weight excluding hydrogens is 364 g/mol. The Morgan fingerprint density at radius 3 is 2.74 bits per heavy atom. The Hall–Kier alpha value is -2.63. The second kappa shape index (κ2) is 7.55. The van der Waals surface area contributed by atoms with Gasteiger partial charge in [-0.3, -0.25) is 9.59 Å². The van der Waals surface area contributed by atoms with Crippen molar-refractivity contribution in [3.63, 3.8) is 0 Å². The molecule has 1 fully saturated rings. The number of fused-ring (bicyclic) bond motifs is 1. The van der Waals surface area contributed by atoms with Crippen molar-refractivity contribution in [3.05, 3.63) is 65.4 Å². The topological polar surface area (TPSA) is 59.8 Å². The Kier molecular flexibility index (Phi) is 4.97. The predicted molar refractivity (Wildman–Crippen MR) is 104 cm³/mol. The van der Waals surface area contributed by atoms with E-state index in [-0.39, 0.29) is 6.10 Å². The summed E-state index contributed by atoms with van der Waals surface area (Å²) in [5, 5.41) is 3.33. The summed E-state index contributed by atoms with van der Waals surface area (Å²) in [4.78, 5) is 25.5. The van der Waals surface area contributed by atoms with Gasteiger partial charge < -0.3 is 14.5 Å².